The highest BCUT2D eigenvalue weighted by molar-refractivity contribution is 6.28. The molecule has 0 amide bonds. The van der Waals surface area contributed by atoms with Gasteiger partial charge in [0.25, 0.3) is 0 Å². The standard InChI is InChI=1S/C18H14ClF3N4O/c1-26-10-15(18(20,21)22)25-16(26)12-6-3-11(4-7-12)5-8-13-14(27-2)9-23-17(19)24-13/h3-10H,1-2H3. The highest BCUT2D eigenvalue weighted by atomic mass is 35.5. The van der Waals surface area contributed by atoms with E-state index in [0.717, 1.165) is 11.8 Å². The molecule has 0 saturated carbocycles. The Hall–Kier alpha value is -2.87. The van der Waals surface area contributed by atoms with Crippen LogP contribution in [0.1, 0.15) is 17.0 Å². The number of ether oxygens (including phenoxy) is 1. The number of hydrogen-bond acceptors (Lipinski definition) is 4. The van der Waals surface area contributed by atoms with Gasteiger partial charge in [0.2, 0.25) is 5.28 Å². The highest BCUT2D eigenvalue weighted by Gasteiger charge is 2.34. The zero-order chi connectivity index (χ0) is 19.6. The Balaban J connectivity index is 1.84. The lowest BCUT2D eigenvalue weighted by molar-refractivity contribution is -0.140. The minimum Gasteiger partial charge on any atom is -0.493 e. The van der Waals surface area contributed by atoms with Crippen molar-refractivity contribution >= 4 is 23.8 Å². The van der Waals surface area contributed by atoms with E-state index in [2.05, 4.69) is 15.0 Å². The lowest BCUT2D eigenvalue weighted by Crippen LogP contribution is -2.04. The van der Waals surface area contributed by atoms with Gasteiger partial charge in [0.05, 0.1) is 13.3 Å². The van der Waals surface area contributed by atoms with Crippen molar-refractivity contribution in [3.8, 4) is 17.1 Å². The summed E-state index contributed by atoms with van der Waals surface area (Å²) in [5, 5.41) is 0.0982. The van der Waals surface area contributed by atoms with Gasteiger partial charge in [0, 0.05) is 18.8 Å². The molecule has 2 aromatic heterocycles. The fourth-order valence-corrected chi connectivity index (χ4v) is 2.57. The Morgan fingerprint density at radius 2 is 1.81 bits per heavy atom. The van der Waals surface area contributed by atoms with E-state index in [9.17, 15) is 13.2 Å². The number of rotatable bonds is 4. The molecule has 0 spiro atoms. The topological polar surface area (TPSA) is 52.8 Å². The van der Waals surface area contributed by atoms with Crippen LogP contribution in [-0.2, 0) is 13.2 Å². The summed E-state index contributed by atoms with van der Waals surface area (Å²) in [4.78, 5) is 11.6. The number of imidazole rings is 1. The Kier molecular flexibility index (Phi) is 5.18. The van der Waals surface area contributed by atoms with E-state index in [1.54, 1.807) is 36.4 Å². The first-order valence-corrected chi connectivity index (χ1v) is 8.11. The smallest absolute Gasteiger partial charge is 0.434 e. The normalized spacial score (nSPS) is 11.9. The van der Waals surface area contributed by atoms with Crippen LogP contribution in [0.2, 0.25) is 5.28 Å². The van der Waals surface area contributed by atoms with Gasteiger partial charge in [-0.05, 0) is 23.2 Å². The van der Waals surface area contributed by atoms with Crippen LogP contribution >= 0.6 is 11.6 Å². The first-order valence-electron chi connectivity index (χ1n) is 7.73. The van der Waals surface area contributed by atoms with Gasteiger partial charge < -0.3 is 9.30 Å². The molecule has 27 heavy (non-hydrogen) atoms. The van der Waals surface area contributed by atoms with E-state index >= 15 is 0 Å². The molecule has 0 aliphatic carbocycles. The third-order valence-corrected chi connectivity index (χ3v) is 3.92. The molecular formula is C18H14ClF3N4O. The van der Waals surface area contributed by atoms with Gasteiger partial charge in [-0.15, -0.1) is 0 Å². The zero-order valence-electron chi connectivity index (χ0n) is 14.3. The van der Waals surface area contributed by atoms with Crippen molar-refractivity contribution in [2.24, 2.45) is 7.05 Å². The largest absolute Gasteiger partial charge is 0.493 e. The molecule has 9 heteroatoms. The number of hydrogen-bond donors (Lipinski definition) is 0. The molecule has 3 rings (SSSR count). The van der Waals surface area contributed by atoms with Gasteiger partial charge in [-0.1, -0.05) is 30.3 Å². The van der Waals surface area contributed by atoms with E-state index in [1.165, 1.54) is 24.9 Å². The van der Waals surface area contributed by atoms with E-state index in [4.69, 9.17) is 16.3 Å². The summed E-state index contributed by atoms with van der Waals surface area (Å²) in [5.74, 6) is 0.710. The fourth-order valence-electron chi connectivity index (χ4n) is 2.43. The number of aryl methyl sites for hydroxylation is 1. The van der Waals surface area contributed by atoms with Crippen molar-refractivity contribution in [2.75, 3.05) is 7.11 Å². The van der Waals surface area contributed by atoms with Crippen LogP contribution in [0.4, 0.5) is 13.2 Å². The molecule has 0 unspecified atom stereocenters. The molecule has 0 radical (unpaired) electrons. The van der Waals surface area contributed by atoms with Gasteiger partial charge in [-0.3, -0.25) is 0 Å². The van der Waals surface area contributed by atoms with Crippen LogP contribution in [0.15, 0.2) is 36.7 Å². The predicted molar refractivity (Wildman–Crippen MR) is 96.2 cm³/mol. The molecule has 5 nitrogen and oxygen atoms in total. The summed E-state index contributed by atoms with van der Waals surface area (Å²) in [6.07, 6.45) is 1.46. The fraction of sp³-hybridized carbons (Fsp3) is 0.167. The number of halogens is 4. The van der Waals surface area contributed by atoms with Crippen LogP contribution < -0.4 is 4.74 Å². The van der Waals surface area contributed by atoms with Gasteiger partial charge in [-0.25, -0.2) is 15.0 Å². The molecule has 0 N–H and O–H groups in total. The summed E-state index contributed by atoms with van der Waals surface area (Å²) >= 11 is 5.79. The number of aromatic nitrogens is 4. The Morgan fingerprint density at radius 1 is 1.11 bits per heavy atom. The van der Waals surface area contributed by atoms with E-state index < -0.39 is 11.9 Å². The molecule has 0 saturated heterocycles. The van der Waals surface area contributed by atoms with Gasteiger partial charge in [0.15, 0.2) is 11.4 Å². The Bertz CT molecular complexity index is 981. The average molecular weight is 395 g/mol. The molecule has 3 aromatic rings. The molecule has 0 fully saturated rings. The van der Waals surface area contributed by atoms with Crippen molar-refractivity contribution < 1.29 is 17.9 Å². The number of alkyl halides is 3. The zero-order valence-corrected chi connectivity index (χ0v) is 15.1. The van der Waals surface area contributed by atoms with Crippen molar-refractivity contribution in [1.82, 2.24) is 19.5 Å². The summed E-state index contributed by atoms with van der Waals surface area (Å²) in [7, 11) is 3.03. The monoisotopic (exact) mass is 394 g/mol. The molecule has 0 aliphatic rings. The van der Waals surface area contributed by atoms with Crippen molar-refractivity contribution in [2.45, 2.75) is 6.18 Å². The molecule has 0 bridgehead atoms. The molecular weight excluding hydrogens is 381 g/mol. The first-order chi connectivity index (χ1) is 12.8. The second-order valence-corrected chi connectivity index (χ2v) is 5.94. The minimum atomic E-state index is -4.48. The summed E-state index contributed by atoms with van der Waals surface area (Å²) in [5.41, 5.74) is 0.991. The maximum atomic E-state index is 12.8. The van der Waals surface area contributed by atoms with E-state index in [0.29, 0.717) is 17.0 Å². The van der Waals surface area contributed by atoms with Crippen LogP contribution in [0, 0.1) is 0 Å². The van der Waals surface area contributed by atoms with E-state index in [1.807, 2.05) is 0 Å². The first kappa shape index (κ1) is 18.9. The summed E-state index contributed by atoms with van der Waals surface area (Å²) < 4.78 is 44.9. The van der Waals surface area contributed by atoms with Crippen molar-refractivity contribution in [1.29, 1.82) is 0 Å². The van der Waals surface area contributed by atoms with Crippen LogP contribution in [0.5, 0.6) is 5.75 Å². The molecule has 0 aliphatic heterocycles. The molecule has 140 valence electrons. The third-order valence-electron chi connectivity index (χ3n) is 3.74. The van der Waals surface area contributed by atoms with Crippen LogP contribution in [0.3, 0.4) is 0 Å². The highest BCUT2D eigenvalue weighted by Crippen LogP contribution is 2.30. The number of methoxy groups -OCH3 is 1. The quantitative estimate of drug-likeness (QED) is 0.600. The maximum Gasteiger partial charge on any atom is 0.434 e. The lowest BCUT2D eigenvalue weighted by Gasteiger charge is -2.04. The minimum absolute atomic E-state index is 0.0982. The second kappa shape index (κ2) is 7.40. The SMILES string of the molecule is COc1cnc(Cl)nc1C=Cc1ccc(-c2nc(C(F)(F)F)cn2C)cc1. The predicted octanol–water partition coefficient (Wildman–Crippen LogP) is 4.73. The van der Waals surface area contributed by atoms with Crippen LogP contribution in [-0.4, -0.2) is 26.6 Å². The maximum absolute atomic E-state index is 12.8. The molecule has 0 atom stereocenters. The average Bonchev–Trinajstić information content (AvgIpc) is 3.03. The van der Waals surface area contributed by atoms with E-state index in [-0.39, 0.29) is 11.1 Å². The summed E-state index contributed by atoms with van der Waals surface area (Å²) in [6.45, 7) is 0. The molecule has 1 aromatic carbocycles. The van der Waals surface area contributed by atoms with Crippen LogP contribution in [0.25, 0.3) is 23.5 Å². The number of nitrogens with zero attached hydrogens (tertiary/aromatic N) is 4. The number of benzene rings is 1. The molecule has 2 heterocycles. The van der Waals surface area contributed by atoms with Gasteiger partial charge in [0.1, 0.15) is 11.5 Å². The lowest BCUT2D eigenvalue weighted by atomic mass is 10.1. The second-order valence-electron chi connectivity index (χ2n) is 5.61. The third kappa shape index (κ3) is 4.28. The van der Waals surface area contributed by atoms with Crippen molar-refractivity contribution in [3.05, 3.63) is 58.9 Å². The Morgan fingerprint density at radius 3 is 2.41 bits per heavy atom. The Labute approximate surface area is 158 Å². The van der Waals surface area contributed by atoms with Gasteiger partial charge in [-0.2, -0.15) is 13.2 Å². The van der Waals surface area contributed by atoms with Crippen molar-refractivity contribution in [3.63, 3.8) is 0 Å². The summed E-state index contributed by atoms with van der Waals surface area (Å²) in [6, 6.07) is 6.94. The van der Waals surface area contributed by atoms with Gasteiger partial charge >= 0.3 is 6.18 Å².